The van der Waals surface area contributed by atoms with E-state index in [0.29, 0.717) is 13.2 Å². The molecule has 0 spiro atoms. The van der Waals surface area contributed by atoms with Crippen molar-refractivity contribution in [2.75, 3.05) is 38.1 Å². The van der Waals surface area contributed by atoms with Crippen LogP contribution in [0.2, 0.25) is 0 Å². The molecular formula is C21H30N6O2. The fourth-order valence-corrected chi connectivity index (χ4v) is 3.32. The fourth-order valence-electron chi connectivity index (χ4n) is 3.32. The van der Waals surface area contributed by atoms with Crippen molar-refractivity contribution in [3.8, 4) is 0 Å². The molecule has 156 valence electrons. The number of hydrogen-bond acceptors (Lipinski definition) is 4. The third-order valence-corrected chi connectivity index (χ3v) is 4.73. The molecule has 8 heteroatoms. The summed E-state index contributed by atoms with van der Waals surface area (Å²) < 4.78 is 7.74. The minimum Gasteiger partial charge on any atom is -0.370 e. The lowest BCUT2D eigenvalue weighted by Gasteiger charge is -2.34. The van der Waals surface area contributed by atoms with Gasteiger partial charge in [-0.15, -0.1) is 0 Å². The molecule has 1 aromatic heterocycles. The minimum atomic E-state index is -0.0623. The van der Waals surface area contributed by atoms with Crippen LogP contribution in [-0.2, 0) is 23.0 Å². The van der Waals surface area contributed by atoms with Crippen LogP contribution < -0.4 is 10.6 Å². The summed E-state index contributed by atoms with van der Waals surface area (Å²) in [5.41, 5.74) is 3.09. The van der Waals surface area contributed by atoms with Gasteiger partial charge in [0.15, 0.2) is 5.96 Å². The molecule has 8 nitrogen and oxygen atoms in total. The van der Waals surface area contributed by atoms with Crippen molar-refractivity contribution < 1.29 is 9.53 Å². The molecule has 0 bridgehead atoms. The largest absolute Gasteiger partial charge is 0.370 e. The lowest BCUT2D eigenvalue weighted by molar-refractivity contribution is -0.114. The first kappa shape index (κ1) is 20.9. The Bertz CT molecular complexity index is 830. The molecular weight excluding hydrogens is 368 g/mol. The van der Waals surface area contributed by atoms with Gasteiger partial charge in [-0.1, -0.05) is 12.1 Å². The summed E-state index contributed by atoms with van der Waals surface area (Å²) >= 11 is 0. The van der Waals surface area contributed by atoms with E-state index in [4.69, 9.17) is 9.73 Å². The summed E-state index contributed by atoms with van der Waals surface area (Å²) in [4.78, 5) is 18.2. The van der Waals surface area contributed by atoms with Crippen molar-refractivity contribution >= 4 is 17.6 Å². The van der Waals surface area contributed by atoms with E-state index in [2.05, 4.69) is 27.6 Å². The Morgan fingerprint density at radius 3 is 2.79 bits per heavy atom. The number of nitrogens with zero attached hydrogens (tertiary/aromatic N) is 4. The number of aryl methyl sites for hydroxylation is 1. The number of benzene rings is 1. The van der Waals surface area contributed by atoms with Crippen LogP contribution in [0.1, 0.15) is 31.1 Å². The third kappa shape index (κ3) is 6.05. The maximum atomic E-state index is 11.1. The van der Waals surface area contributed by atoms with Crippen molar-refractivity contribution in [3.05, 3.63) is 47.8 Å². The fraction of sp³-hybridized carbons (Fsp3) is 0.476. The van der Waals surface area contributed by atoms with E-state index in [1.165, 1.54) is 12.5 Å². The summed E-state index contributed by atoms with van der Waals surface area (Å²) in [5.74, 6) is 0.854. The third-order valence-electron chi connectivity index (χ3n) is 4.73. The summed E-state index contributed by atoms with van der Waals surface area (Å²) in [6, 6.07) is 7.90. The highest BCUT2D eigenvalue weighted by molar-refractivity contribution is 5.88. The number of carbonyl (C=O) groups is 1. The predicted octanol–water partition coefficient (Wildman–Crippen LogP) is 1.96. The van der Waals surface area contributed by atoms with E-state index in [1.54, 1.807) is 4.68 Å². The number of aromatic nitrogens is 2. The van der Waals surface area contributed by atoms with Crippen molar-refractivity contribution in [2.45, 2.75) is 26.4 Å². The van der Waals surface area contributed by atoms with E-state index < -0.39 is 0 Å². The van der Waals surface area contributed by atoms with Gasteiger partial charge in [-0.05, 0) is 31.0 Å². The van der Waals surface area contributed by atoms with Crippen molar-refractivity contribution in [1.82, 2.24) is 20.0 Å². The molecule has 1 saturated heterocycles. The molecule has 3 rings (SSSR count). The monoisotopic (exact) mass is 398 g/mol. The highest BCUT2D eigenvalue weighted by atomic mass is 16.5. The predicted molar refractivity (Wildman–Crippen MR) is 114 cm³/mol. The van der Waals surface area contributed by atoms with Crippen LogP contribution in [-0.4, -0.2) is 59.3 Å². The van der Waals surface area contributed by atoms with Gasteiger partial charge in [-0.3, -0.25) is 14.5 Å². The number of morpholine rings is 1. The van der Waals surface area contributed by atoms with Gasteiger partial charge < -0.3 is 20.3 Å². The molecule has 0 radical (unpaired) electrons. The maximum Gasteiger partial charge on any atom is 0.221 e. The molecule has 2 aromatic rings. The van der Waals surface area contributed by atoms with E-state index in [0.717, 1.165) is 43.3 Å². The van der Waals surface area contributed by atoms with Crippen LogP contribution in [0.25, 0.3) is 0 Å². The first-order valence-corrected chi connectivity index (χ1v) is 10.0. The zero-order valence-corrected chi connectivity index (χ0v) is 17.4. The zero-order valence-electron chi connectivity index (χ0n) is 17.4. The van der Waals surface area contributed by atoms with Gasteiger partial charge in [0.25, 0.3) is 0 Å². The highest BCUT2D eigenvalue weighted by Crippen LogP contribution is 2.21. The SMILES string of the molecule is CCNC(=NCCc1ccc(NC(C)=O)cc1)N1CCOC(c2cnn(C)c2)C1. The quantitative estimate of drug-likeness (QED) is 0.574. The van der Waals surface area contributed by atoms with E-state index in [-0.39, 0.29) is 12.0 Å². The number of ether oxygens (including phenoxy) is 1. The van der Waals surface area contributed by atoms with Gasteiger partial charge in [-0.25, -0.2) is 0 Å². The van der Waals surface area contributed by atoms with Crippen molar-refractivity contribution in [2.24, 2.45) is 12.0 Å². The topological polar surface area (TPSA) is 83.8 Å². The Balaban J connectivity index is 1.59. The van der Waals surface area contributed by atoms with Gasteiger partial charge in [0.05, 0.1) is 19.3 Å². The molecule has 2 heterocycles. The molecule has 2 N–H and O–H groups in total. The van der Waals surface area contributed by atoms with Crippen LogP contribution in [0.3, 0.4) is 0 Å². The normalized spacial score (nSPS) is 17.3. The molecule has 1 aliphatic heterocycles. The molecule has 1 aliphatic rings. The highest BCUT2D eigenvalue weighted by Gasteiger charge is 2.25. The number of anilines is 1. The first-order valence-electron chi connectivity index (χ1n) is 10.0. The van der Waals surface area contributed by atoms with Crippen molar-refractivity contribution in [1.29, 1.82) is 0 Å². The van der Waals surface area contributed by atoms with Crippen LogP contribution in [0.15, 0.2) is 41.7 Å². The van der Waals surface area contributed by atoms with Gasteiger partial charge >= 0.3 is 0 Å². The van der Waals surface area contributed by atoms with E-state index in [1.807, 2.05) is 43.7 Å². The smallest absolute Gasteiger partial charge is 0.221 e. The second kappa shape index (κ2) is 10.1. The molecule has 1 unspecified atom stereocenters. The first-order chi connectivity index (χ1) is 14.0. The van der Waals surface area contributed by atoms with E-state index >= 15 is 0 Å². The minimum absolute atomic E-state index is 0.00243. The Morgan fingerprint density at radius 1 is 1.34 bits per heavy atom. The number of amides is 1. The van der Waals surface area contributed by atoms with Crippen LogP contribution >= 0.6 is 0 Å². The molecule has 29 heavy (non-hydrogen) atoms. The number of guanidine groups is 1. The summed E-state index contributed by atoms with van der Waals surface area (Å²) in [5, 5.41) is 10.4. The number of rotatable bonds is 6. The van der Waals surface area contributed by atoms with Crippen LogP contribution in [0.4, 0.5) is 5.69 Å². The average Bonchev–Trinajstić information content (AvgIpc) is 3.15. The second-order valence-electron chi connectivity index (χ2n) is 7.12. The molecule has 1 atom stereocenters. The Hall–Kier alpha value is -2.87. The van der Waals surface area contributed by atoms with Gasteiger partial charge in [-0.2, -0.15) is 5.10 Å². The Kier molecular flexibility index (Phi) is 7.24. The number of hydrogen-bond donors (Lipinski definition) is 2. The molecule has 1 fully saturated rings. The van der Waals surface area contributed by atoms with Gasteiger partial charge in [0.2, 0.25) is 5.91 Å². The molecule has 0 saturated carbocycles. The number of aliphatic imine (C=N–C) groups is 1. The Labute approximate surface area is 171 Å². The molecule has 0 aliphatic carbocycles. The average molecular weight is 399 g/mol. The molecule has 1 amide bonds. The van der Waals surface area contributed by atoms with Gasteiger partial charge in [0.1, 0.15) is 6.10 Å². The standard InChI is InChI=1S/C21H30N6O2/c1-4-22-21(23-10-9-17-5-7-19(8-6-17)25-16(2)28)27-11-12-29-20(15-27)18-13-24-26(3)14-18/h5-8,13-14,20H,4,9-12,15H2,1-3H3,(H,22,23)(H,25,28). The number of carbonyl (C=O) groups excluding carboxylic acids is 1. The number of nitrogens with one attached hydrogen (secondary N) is 2. The van der Waals surface area contributed by atoms with Crippen LogP contribution in [0.5, 0.6) is 0 Å². The van der Waals surface area contributed by atoms with Crippen LogP contribution in [0, 0.1) is 0 Å². The van der Waals surface area contributed by atoms with Crippen molar-refractivity contribution in [3.63, 3.8) is 0 Å². The zero-order chi connectivity index (χ0) is 20.6. The lowest BCUT2D eigenvalue weighted by Crippen LogP contribution is -2.48. The Morgan fingerprint density at radius 2 is 2.14 bits per heavy atom. The molecule has 1 aromatic carbocycles. The summed E-state index contributed by atoms with van der Waals surface area (Å²) in [6.45, 7) is 7.33. The summed E-state index contributed by atoms with van der Waals surface area (Å²) in [7, 11) is 1.92. The lowest BCUT2D eigenvalue weighted by atomic mass is 10.1. The van der Waals surface area contributed by atoms with Gasteiger partial charge in [0, 0.05) is 51.1 Å². The summed E-state index contributed by atoms with van der Waals surface area (Å²) in [6.07, 6.45) is 4.71. The maximum absolute atomic E-state index is 11.1. The van der Waals surface area contributed by atoms with E-state index in [9.17, 15) is 4.79 Å². The second-order valence-corrected chi connectivity index (χ2v) is 7.12.